The highest BCUT2D eigenvalue weighted by Gasteiger charge is 2.32. The predicted octanol–water partition coefficient (Wildman–Crippen LogP) is 6.67. The first kappa shape index (κ1) is 27.8. The summed E-state index contributed by atoms with van der Waals surface area (Å²) in [4.78, 5) is 28.3. The van der Waals surface area contributed by atoms with Crippen molar-refractivity contribution < 1.29 is 18.7 Å². The van der Waals surface area contributed by atoms with Crippen LogP contribution >= 0.6 is 0 Å². The minimum absolute atomic E-state index is 0.0865. The molecule has 7 nitrogen and oxygen atoms in total. The van der Waals surface area contributed by atoms with E-state index in [1.54, 1.807) is 0 Å². The zero-order valence-electron chi connectivity index (χ0n) is 25.0. The Kier molecular flexibility index (Phi) is 6.71. The van der Waals surface area contributed by atoms with Crippen molar-refractivity contribution in [1.29, 1.82) is 0 Å². The minimum atomic E-state index is -1.08. The number of rotatable bonds is 4. The van der Waals surface area contributed by atoms with Crippen LogP contribution in [0.1, 0.15) is 65.0 Å². The van der Waals surface area contributed by atoms with Crippen molar-refractivity contribution in [2.24, 2.45) is 0 Å². The molecule has 1 saturated heterocycles. The summed E-state index contributed by atoms with van der Waals surface area (Å²) in [6, 6.07) is 9.91. The fourth-order valence-electron chi connectivity index (χ4n) is 6.88. The number of aliphatic carboxylic acids is 1. The lowest BCUT2D eigenvalue weighted by molar-refractivity contribution is -0.132. The number of fused-ring (bicyclic) bond motifs is 5. The van der Waals surface area contributed by atoms with Gasteiger partial charge in [-0.15, -0.1) is 0 Å². The van der Waals surface area contributed by atoms with Gasteiger partial charge in [-0.3, -0.25) is 0 Å². The molecule has 0 radical (unpaired) electrons. The molecule has 0 atom stereocenters. The predicted molar refractivity (Wildman–Crippen MR) is 169 cm³/mol. The van der Waals surface area contributed by atoms with E-state index in [0.717, 1.165) is 54.7 Å². The van der Waals surface area contributed by atoms with Crippen LogP contribution in [0.2, 0.25) is 0 Å². The summed E-state index contributed by atoms with van der Waals surface area (Å²) in [5, 5.41) is 11.9. The number of carboxylic acids is 1. The number of likely N-dealkylation sites (N-methyl/N-ethyl adjacent to an activating group) is 1. The number of piperidine rings is 1. The molecule has 1 aliphatic carbocycles. The van der Waals surface area contributed by atoms with Gasteiger partial charge >= 0.3 is 11.6 Å². The summed E-state index contributed by atoms with van der Waals surface area (Å²) >= 11 is 0. The third-order valence-corrected chi connectivity index (χ3v) is 8.89. The molecule has 0 saturated carbocycles. The van der Waals surface area contributed by atoms with Crippen LogP contribution in [-0.4, -0.2) is 36.2 Å². The second kappa shape index (κ2) is 10.2. The summed E-state index contributed by atoms with van der Waals surface area (Å²) < 4.78 is 15.0. The van der Waals surface area contributed by atoms with E-state index in [0.29, 0.717) is 39.0 Å². The molecule has 1 aromatic carbocycles. The summed E-state index contributed by atoms with van der Waals surface area (Å²) in [5.41, 5.74) is 4.73. The number of anilines is 1. The third-order valence-electron chi connectivity index (χ3n) is 8.89. The molecule has 4 heterocycles. The van der Waals surface area contributed by atoms with E-state index in [1.807, 2.05) is 30.3 Å². The highest BCUT2D eigenvalue weighted by Crippen LogP contribution is 2.44. The van der Waals surface area contributed by atoms with Crippen LogP contribution in [0.15, 0.2) is 68.3 Å². The number of allylic oxidation sites excluding steroid dienone is 3. The first-order chi connectivity index (χ1) is 20.1. The minimum Gasteiger partial charge on any atom is -0.478 e. The molecular formula is C35H37N2O5+. The van der Waals surface area contributed by atoms with Crippen molar-refractivity contribution in [2.45, 2.75) is 59.4 Å². The van der Waals surface area contributed by atoms with Crippen LogP contribution in [0.4, 0.5) is 5.69 Å². The van der Waals surface area contributed by atoms with Crippen LogP contribution < -0.4 is 20.5 Å². The fraction of sp³-hybridized carbons (Fsp3) is 0.343. The van der Waals surface area contributed by atoms with Gasteiger partial charge in [-0.05, 0) is 64.3 Å². The molecular weight excluding hydrogens is 528 g/mol. The summed E-state index contributed by atoms with van der Waals surface area (Å²) in [6.45, 7) is 16.7. The largest absolute Gasteiger partial charge is 0.478 e. The molecule has 0 amide bonds. The van der Waals surface area contributed by atoms with Gasteiger partial charge in [0.1, 0.15) is 29.8 Å². The Bertz CT molecular complexity index is 1960. The van der Waals surface area contributed by atoms with E-state index < -0.39 is 11.6 Å². The Labute approximate surface area is 244 Å². The molecule has 3 aliphatic heterocycles. The average molecular weight is 566 g/mol. The molecule has 6 rings (SSSR count). The number of hydrogen-bond donors (Lipinski definition) is 1. The number of carboxylic acid groups (broad SMARTS) is 1. The van der Waals surface area contributed by atoms with Gasteiger partial charge in [0.2, 0.25) is 5.36 Å². The topological polar surface area (TPSA) is 86.9 Å². The van der Waals surface area contributed by atoms with E-state index in [-0.39, 0.29) is 16.5 Å². The highest BCUT2D eigenvalue weighted by molar-refractivity contribution is 6.12. The molecule has 0 unspecified atom stereocenters. The van der Waals surface area contributed by atoms with Gasteiger partial charge in [0, 0.05) is 59.5 Å². The maximum absolute atomic E-state index is 13.8. The number of nitrogens with zero attached hydrogens (tertiary/aromatic N) is 2. The quantitative estimate of drug-likeness (QED) is 0.0743. The van der Waals surface area contributed by atoms with Gasteiger partial charge in [0.15, 0.2) is 5.58 Å². The Morgan fingerprint density at radius 1 is 1.12 bits per heavy atom. The van der Waals surface area contributed by atoms with Gasteiger partial charge < -0.3 is 18.8 Å². The molecule has 2 aromatic rings. The molecule has 0 spiro atoms. The summed E-state index contributed by atoms with van der Waals surface area (Å²) in [5.74, 6) is -0.509. The second-order valence-corrected chi connectivity index (χ2v) is 11.9. The van der Waals surface area contributed by atoms with E-state index in [1.165, 1.54) is 19.4 Å². The maximum atomic E-state index is 13.8. The average Bonchev–Trinajstić information content (AvgIpc) is 2.96. The van der Waals surface area contributed by atoms with Crippen molar-refractivity contribution in [1.82, 2.24) is 4.58 Å². The summed E-state index contributed by atoms with van der Waals surface area (Å²) in [7, 11) is 0. The fourth-order valence-corrected chi connectivity index (χ4v) is 6.88. The Balaban J connectivity index is 1.79. The van der Waals surface area contributed by atoms with E-state index in [2.05, 4.69) is 49.8 Å². The van der Waals surface area contributed by atoms with Gasteiger partial charge in [-0.2, -0.15) is 0 Å². The van der Waals surface area contributed by atoms with E-state index in [4.69, 9.17) is 8.83 Å². The number of hydrogen-bond acceptors (Lipinski definition) is 5. The molecule has 42 heavy (non-hydrogen) atoms. The molecule has 7 heteroatoms. The van der Waals surface area contributed by atoms with Gasteiger partial charge in [0.05, 0.1) is 17.0 Å². The monoisotopic (exact) mass is 565 g/mol. The number of carbonyl (C=O) groups is 1. The van der Waals surface area contributed by atoms with Crippen LogP contribution in [0.5, 0.6) is 0 Å². The standard InChI is InChI=1S/C35H36N2O5/c1-7-23(21(4)33(38)39)30-24-13-12-22(36-14-10-9-11-15-36)16-28(24)41-32-26-17-25-20(3)19-35(5,6)37(8-2)27(25)18-29(26)42-34(40)31(30)32/h7,12-13,16-19H,1,8-11,14-15H2,2-6H3/p+1. The van der Waals surface area contributed by atoms with Crippen LogP contribution in [0, 0.1) is 0 Å². The highest BCUT2D eigenvalue weighted by atomic mass is 16.4. The molecule has 1 aromatic heterocycles. The smallest absolute Gasteiger partial charge is 0.348 e. The SMILES string of the molecule is C=CC(=C(C)C(=O)O)c1c2ccc(=[N+]3CCCCC3)cc-2oc2c1c(=O)oc1cc3c(cc12)C(C)=CC(C)(C)N3CC. The van der Waals surface area contributed by atoms with Crippen LogP contribution in [0.3, 0.4) is 0 Å². The van der Waals surface area contributed by atoms with Crippen LogP contribution in [-0.2, 0) is 4.79 Å². The van der Waals surface area contributed by atoms with Gasteiger partial charge in [-0.1, -0.05) is 18.7 Å². The second-order valence-electron chi connectivity index (χ2n) is 11.9. The Morgan fingerprint density at radius 3 is 2.52 bits per heavy atom. The summed E-state index contributed by atoms with van der Waals surface area (Å²) in [6.07, 6.45) is 7.24. The lowest BCUT2D eigenvalue weighted by Gasteiger charge is -2.42. The van der Waals surface area contributed by atoms with Crippen molar-refractivity contribution in [2.75, 3.05) is 24.5 Å². The Hall–Kier alpha value is -4.39. The lowest BCUT2D eigenvalue weighted by atomic mass is 9.87. The normalized spacial score (nSPS) is 17.3. The molecule has 1 N–H and O–H groups in total. The molecule has 216 valence electrons. The van der Waals surface area contributed by atoms with Crippen molar-refractivity contribution in [3.8, 4) is 11.3 Å². The zero-order valence-corrected chi connectivity index (χ0v) is 25.0. The Morgan fingerprint density at radius 2 is 1.86 bits per heavy atom. The van der Waals surface area contributed by atoms with Crippen molar-refractivity contribution in [3.05, 3.63) is 81.5 Å². The first-order valence-corrected chi connectivity index (χ1v) is 14.7. The third kappa shape index (κ3) is 4.30. The zero-order chi connectivity index (χ0) is 29.9. The van der Waals surface area contributed by atoms with Crippen molar-refractivity contribution >= 4 is 44.7 Å². The maximum Gasteiger partial charge on any atom is 0.348 e. The molecule has 0 bridgehead atoms. The molecule has 1 fully saturated rings. The van der Waals surface area contributed by atoms with E-state index >= 15 is 0 Å². The van der Waals surface area contributed by atoms with Crippen LogP contribution in [0.25, 0.3) is 44.4 Å². The van der Waals surface area contributed by atoms with Gasteiger partial charge in [-0.25, -0.2) is 14.2 Å². The van der Waals surface area contributed by atoms with Gasteiger partial charge in [0.25, 0.3) is 0 Å². The number of benzene rings is 2. The first-order valence-electron chi connectivity index (χ1n) is 14.7. The molecule has 4 aliphatic rings. The van der Waals surface area contributed by atoms with Crippen molar-refractivity contribution in [3.63, 3.8) is 0 Å². The van der Waals surface area contributed by atoms with E-state index in [9.17, 15) is 14.7 Å². The lowest BCUT2D eigenvalue weighted by Crippen LogP contribution is -2.44.